The lowest BCUT2D eigenvalue weighted by atomic mass is 10.3. The molecule has 0 aliphatic heterocycles. The normalized spacial score (nSPS) is 11.3. The van der Waals surface area contributed by atoms with Gasteiger partial charge in [-0.1, -0.05) is 0 Å². The van der Waals surface area contributed by atoms with Gasteiger partial charge in [0.05, 0.1) is 0 Å². The summed E-state index contributed by atoms with van der Waals surface area (Å²) < 4.78 is 0. The molecule has 0 aromatic carbocycles. The number of nitro groups is 1. The van der Waals surface area contributed by atoms with Crippen molar-refractivity contribution < 1.29 is 9.72 Å². The van der Waals surface area contributed by atoms with Gasteiger partial charge in [-0.25, -0.2) is 0 Å². The van der Waals surface area contributed by atoms with Crippen LogP contribution in [0.3, 0.4) is 0 Å². The molecule has 0 aromatic rings. The summed E-state index contributed by atoms with van der Waals surface area (Å²) in [5.74, 6) is -0.407. The van der Waals surface area contributed by atoms with Gasteiger partial charge in [0.25, 0.3) is 6.04 Å². The van der Waals surface area contributed by atoms with Crippen molar-refractivity contribution in [2.24, 2.45) is 0 Å². The third-order valence-electron chi connectivity index (χ3n) is 0.905. The average Bonchev–Trinajstić information content (AvgIpc) is 1.64. The van der Waals surface area contributed by atoms with Gasteiger partial charge in [-0.2, -0.15) is 0 Å². The van der Waals surface area contributed by atoms with E-state index in [4.69, 9.17) is 0 Å². The fourth-order valence-corrected chi connectivity index (χ4v) is 0.148. The summed E-state index contributed by atoms with van der Waals surface area (Å²) >= 11 is 0. The molecule has 0 aliphatic rings. The van der Waals surface area contributed by atoms with Gasteiger partial charge in [0.1, 0.15) is 0 Å². The molecule has 1 atom stereocenters. The predicted octanol–water partition coefficient (Wildman–Crippen LogP) is 0.617. The van der Waals surface area contributed by atoms with E-state index < -0.39 is 16.7 Å². The quantitative estimate of drug-likeness (QED) is 0.443. The van der Waals surface area contributed by atoms with Gasteiger partial charge >= 0.3 is 0 Å². The van der Waals surface area contributed by atoms with Crippen molar-refractivity contribution in [2.75, 3.05) is 0 Å². The summed E-state index contributed by atoms with van der Waals surface area (Å²) in [5.41, 5.74) is 0. The molecule has 0 saturated heterocycles. The van der Waals surface area contributed by atoms with Crippen molar-refractivity contribution in [3.05, 3.63) is 10.1 Å². The van der Waals surface area contributed by atoms with Crippen LogP contribution in [0, 0.1) is 10.1 Å². The molecule has 0 radical (unpaired) electrons. The molecule has 0 spiro atoms. The fraction of sp³-hybridized carbons (Fsp3) is 0.750. The minimum Gasteiger partial charge on any atom is -0.369 e. The maximum atomic E-state index is 10.1. The molecule has 0 heterocycles. The highest BCUT2D eigenvalue weighted by atomic mass is 16.6. The minimum absolute atomic E-state index is 0. The average molecular weight is 135 g/mol. The topological polar surface area (TPSA) is 96.7 Å². The first-order chi connectivity index (χ1) is 3.55. The van der Waals surface area contributed by atoms with Crippen LogP contribution in [0.4, 0.5) is 0 Å². The van der Waals surface area contributed by atoms with Gasteiger partial charge in [-0.15, -0.1) is 0 Å². The smallest absolute Gasteiger partial charge is 0.267 e. The Labute approximate surface area is 52.8 Å². The first-order valence-electron chi connectivity index (χ1n) is 2.19. The van der Waals surface area contributed by atoms with Crippen LogP contribution in [0.2, 0.25) is 0 Å². The van der Waals surface area contributed by atoms with Crippen LogP contribution in [0.1, 0.15) is 13.8 Å². The summed E-state index contributed by atoms with van der Waals surface area (Å²) in [6, 6.07) is -1.05. The monoisotopic (exact) mass is 135 g/mol. The first-order valence-corrected chi connectivity index (χ1v) is 2.19. The second kappa shape index (κ2) is 3.96. The Morgan fingerprint density at radius 2 is 2.00 bits per heavy atom. The highest BCUT2D eigenvalue weighted by Crippen LogP contribution is 1.87. The van der Waals surface area contributed by atoms with Crippen LogP contribution in [-0.2, 0) is 4.79 Å². The predicted molar refractivity (Wildman–Crippen MR) is 33.1 cm³/mol. The molecule has 0 aromatic heterocycles. The van der Waals surface area contributed by atoms with E-state index in [9.17, 15) is 14.9 Å². The molecule has 0 aliphatic carbocycles. The number of rotatable bonds is 2. The van der Waals surface area contributed by atoms with Crippen LogP contribution in [0.15, 0.2) is 0 Å². The summed E-state index contributed by atoms with van der Waals surface area (Å²) in [4.78, 5) is 19.3. The number of hydrogen-bond acceptors (Lipinski definition) is 3. The Morgan fingerprint density at radius 3 is 2.00 bits per heavy atom. The third-order valence-corrected chi connectivity index (χ3v) is 0.905. The Hall–Kier alpha value is -0.970. The number of nitrogens with zero attached hydrogens (tertiary/aromatic N) is 1. The fourth-order valence-electron chi connectivity index (χ4n) is 0.148. The number of Topliss-reactive ketones (excluding diaryl/α,β-unsaturated/α-hetero) is 1. The summed E-state index contributed by atoms with van der Waals surface area (Å²) in [7, 11) is 0. The molecule has 0 rings (SSSR count). The first kappa shape index (κ1) is 10.9. The van der Waals surface area contributed by atoms with E-state index in [2.05, 4.69) is 0 Å². The van der Waals surface area contributed by atoms with Crippen LogP contribution in [0.5, 0.6) is 0 Å². The van der Waals surface area contributed by atoms with Crippen molar-refractivity contribution >= 4 is 5.78 Å². The Kier molecular flexibility index (Phi) is 4.81. The van der Waals surface area contributed by atoms with Crippen LogP contribution < -0.4 is 6.15 Å². The lowest BCUT2D eigenvalue weighted by Gasteiger charge is -1.94. The summed E-state index contributed by atoms with van der Waals surface area (Å²) in [6.45, 7) is 2.47. The maximum absolute atomic E-state index is 10.1. The van der Waals surface area contributed by atoms with Gasteiger partial charge in [-0.05, 0) is 0 Å². The van der Waals surface area contributed by atoms with E-state index in [0.717, 1.165) is 0 Å². The molecule has 1 unspecified atom stereocenters. The standard InChI is InChI=1S/C4H7NO3.H3N/c1-3(4(2)6)5(7)8;/h3H,1-2H3;1H3/p+1. The second-order valence-electron chi connectivity index (χ2n) is 1.57. The van der Waals surface area contributed by atoms with Crippen molar-refractivity contribution in [2.45, 2.75) is 19.9 Å². The number of carbonyl (C=O) groups is 1. The Morgan fingerprint density at radius 1 is 1.67 bits per heavy atom. The van der Waals surface area contributed by atoms with Gasteiger partial charge in [0, 0.05) is 18.8 Å². The molecular weight excluding hydrogens is 124 g/mol. The highest BCUT2D eigenvalue weighted by molar-refractivity contribution is 5.79. The number of carbonyl (C=O) groups excluding carboxylic acids is 1. The molecule has 54 valence electrons. The van der Waals surface area contributed by atoms with Crippen molar-refractivity contribution in [1.29, 1.82) is 0 Å². The zero-order valence-corrected chi connectivity index (χ0v) is 5.75. The van der Waals surface area contributed by atoms with Crippen molar-refractivity contribution in [3.63, 3.8) is 0 Å². The van der Waals surface area contributed by atoms with Crippen LogP contribution in [-0.4, -0.2) is 16.7 Å². The molecule has 0 saturated carbocycles. The molecule has 0 bridgehead atoms. The molecule has 0 fully saturated rings. The largest absolute Gasteiger partial charge is 0.369 e. The molecular formula is C4H11N2O3+. The molecule has 0 amide bonds. The van der Waals surface area contributed by atoms with E-state index in [1.54, 1.807) is 0 Å². The number of hydrogen-bond donors (Lipinski definition) is 1. The van der Waals surface area contributed by atoms with Crippen molar-refractivity contribution in [1.82, 2.24) is 6.15 Å². The second-order valence-corrected chi connectivity index (χ2v) is 1.57. The van der Waals surface area contributed by atoms with E-state index >= 15 is 0 Å². The van der Waals surface area contributed by atoms with Gasteiger partial charge in [-0.3, -0.25) is 14.9 Å². The summed E-state index contributed by atoms with van der Waals surface area (Å²) in [5, 5.41) is 9.73. The molecule has 5 nitrogen and oxygen atoms in total. The molecule has 4 N–H and O–H groups in total. The Balaban J connectivity index is 0. The van der Waals surface area contributed by atoms with Gasteiger partial charge in [0.15, 0.2) is 0 Å². The molecule has 5 heteroatoms. The highest BCUT2D eigenvalue weighted by Gasteiger charge is 2.17. The lowest BCUT2D eigenvalue weighted by molar-refractivity contribution is -0.502. The van der Waals surface area contributed by atoms with E-state index in [-0.39, 0.29) is 6.15 Å². The SMILES string of the molecule is CC(=O)C(C)[N+](=O)[O-].[NH4+]. The molecule has 9 heavy (non-hydrogen) atoms. The van der Waals surface area contributed by atoms with Crippen LogP contribution in [0.25, 0.3) is 0 Å². The maximum Gasteiger partial charge on any atom is 0.267 e. The zero-order chi connectivity index (χ0) is 6.73. The van der Waals surface area contributed by atoms with Crippen molar-refractivity contribution in [3.8, 4) is 0 Å². The number of ketones is 1. The minimum atomic E-state index is -1.05. The third kappa shape index (κ3) is 3.60. The van der Waals surface area contributed by atoms with Crippen LogP contribution >= 0.6 is 0 Å². The summed E-state index contributed by atoms with van der Waals surface area (Å²) in [6.07, 6.45) is 0. The van der Waals surface area contributed by atoms with Gasteiger partial charge < -0.3 is 6.15 Å². The van der Waals surface area contributed by atoms with E-state index in [1.807, 2.05) is 0 Å². The zero-order valence-electron chi connectivity index (χ0n) is 5.75. The van der Waals surface area contributed by atoms with E-state index in [1.165, 1.54) is 13.8 Å². The Bertz CT molecular complexity index is 109. The van der Waals surface area contributed by atoms with E-state index in [0.29, 0.717) is 0 Å². The number of quaternary nitrogens is 1. The lowest BCUT2D eigenvalue weighted by Crippen LogP contribution is -2.22. The van der Waals surface area contributed by atoms with Gasteiger partial charge in [0.2, 0.25) is 5.78 Å².